The highest BCUT2D eigenvalue weighted by atomic mass is 79.9. The Balaban J connectivity index is 3.32. The number of nitrogens with zero attached hydrogens (tertiary/aromatic N) is 3. The number of carbonyl (C=O) groups is 1. The van der Waals surface area contributed by atoms with Crippen LogP contribution in [0.25, 0.3) is 4.85 Å². The van der Waals surface area contributed by atoms with Gasteiger partial charge in [-0.2, -0.15) is 0 Å². The lowest BCUT2D eigenvalue weighted by Gasteiger charge is -2.18. The molecule has 0 radical (unpaired) electrons. The molecular weight excluding hydrogens is 353 g/mol. The summed E-state index contributed by atoms with van der Waals surface area (Å²) in [6.07, 6.45) is 0. The van der Waals surface area contributed by atoms with Gasteiger partial charge in [-0.3, -0.25) is 4.85 Å². The van der Waals surface area contributed by atoms with Crippen molar-refractivity contribution in [2.75, 3.05) is 6.61 Å². The van der Waals surface area contributed by atoms with Crippen LogP contribution in [0.1, 0.15) is 26.3 Å². The molecule has 1 rings (SSSR count). The fourth-order valence-electron chi connectivity index (χ4n) is 1.77. The minimum absolute atomic E-state index is 0.00109. The predicted molar refractivity (Wildman–Crippen MR) is 84.2 cm³/mol. The summed E-state index contributed by atoms with van der Waals surface area (Å²) < 4.78 is 19.5. The van der Waals surface area contributed by atoms with Gasteiger partial charge in [-0.15, -0.1) is 5.11 Å². The predicted octanol–water partition coefficient (Wildman–Crippen LogP) is 4.82. The van der Waals surface area contributed by atoms with Crippen molar-refractivity contribution in [2.45, 2.75) is 33.4 Å². The molecule has 0 saturated carbocycles. The van der Waals surface area contributed by atoms with Crippen LogP contribution in [-0.2, 0) is 9.53 Å². The molecule has 0 heterocycles. The second-order valence-corrected chi connectivity index (χ2v) is 5.88. The number of esters is 1. The number of benzene rings is 1. The Hall–Kier alpha value is -1.81. The molecule has 0 aliphatic rings. The Labute approximate surface area is 137 Å². The van der Waals surface area contributed by atoms with Crippen LogP contribution in [0.2, 0.25) is 0 Å². The van der Waals surface area contributed by atoms with Gasteiger partial charge in [0.25, 0.3) is 0 Å². The Morgan fingerprint density at radius 3 is 2.64 bits per heavy atom. The Morgan fingerprint density at radius 1 is 1.55 bits per heavy atom. The van der Waals surface area contributed by atoms with Gasteiger partial charge < -0.3 is 4.74 Å². The fraction of sp³-hybridized carbons (Fsp3) is 0.467. The first-order valence-electron chi connectivity index (χ1n) is 6.72. The molecule has 1 aromatic carbocycles. The van der Waals surface area contributed by atoms with Crippen LogP contribution in [0.4, 0.5) is 10.1 Å². The van der Waals surface area contributed by atoms with E-state index in [1.54, 1.807) is 33.8 Å². The van der Waals surface area contributed by atoms with Crippen LogP contribution in [0.15, 0.2) is 26.8 Å². The first-order valence-corrected chi connectivity index (χ1v) is 7.52. The lowest BCUT2D eigenvalue weighted by Crippen LogP contribution is -2.40. The first-order chi connectivity index (χ1) is 10.3. The fourth-order valence-corrected chi connectivity index (χ4v) is 2.32. The molecule has 0 aromatic heterocycles. The Morgan fingerprint density at radius 2 is 2.18 bits per heavy atom. The zero-order chi connectivity index (χ0) is 16.9. The molecule has 0 aliphatic heterocycles. The van der Waals surface area contributed by atoms with Crippen LogP contribution in [-0.4, -0.2) is 18.2 Å². The third kappa shape index (κ3) is 3.69. The van der Waals surface area contributed by atoms with Gasteiger partial charge in [-0.25, -0.2) is 15.8 Å². The summed E-state index contributed by atoms with van der Waals surface area (Å²) in [5, 5.41) is 7.68. The van der Waals surface area contributed by atoms with Crippen molar-refractivity contribution in [3.05, 3.63) is 39.4 Å². The topological polar surface area (TPSA) is 55.4 Å². The largest absolute Gasteiger partial charge is 0.458 e. The average Bonchev–Trinajstić information content (AvgIpc) is 2.41. The molecule has 0 aliphatic carbocycles. The molecule has 0 spiro atoms. The maximum atomic E-state index is 14.0. The molecule has 22 heavy (non-hydrogen) atoms. The molecule has 1 aromatic rings. The molecular formula is C15H17BrFN3O2. The molecule has 0 bridgehead atoms. The van der Waals surface area contributed by atoms with E-state index in [0.717, 1.165) is 0 Å². The molecule has 5 nitrogen and oxygen atoms in total. The van der Waals surface area contributed by atoms with Gasteiger partial charge in [0.2, 0.25) is 0 Å². The summed E-state index contributed by atoms with van der Waals surface area (Å²) in [4.78, 5) is 15.4. The van der Waals surface area contributed by atoms with Gasteiger partial charge >= 0.3 is 11.6 Å². The summed E-state index contributed by atoms with van der Waals surface area (Å²) in [5.41, 5.74) is -1.26. The number of hydrogen-bond acceptors (Lipinski definition) is 4. The van der Waals surface area contributed by atoms with Crippen molar-refractivity contribution < 1.29 is 13.9 Å². The number of aryl methyl sites for hydroxylation is 1. The standard InChI is InChI=1S/C15H17BrFN3O2/c1-6-22-14(21)15(18-5,9(2)3)20-19-13-10(4)7-11(16)8-12(13)17/h7-9H,6H2,1-4H3. The maximum absolute atomic E-state index is 14.0. The van der Waals surface area contributed by atoms with Crippen LogP contribution >= 0.6 is 15.9 Å². The number of halogens is 2. The molecule has 0 fully saturated rings. The molecule has 1 unspecified atom stereocenters. The smallest absolute Gasteiger partial charge is 0.439 e. The van der Waals surface area contributed by atoms with E-state index in [2.05, 4.69) is 31.0 Å². The molecule has 1 atom stereocenters. The van der Waals surface area contributed by atoms with Gasteiger partial charge in [0.05, 0.1) is 12.5 Å². The maximum Gasteiger partial charge on any atom is 0.439 e. The zero-order valence-corrected chi connectivity index (χ0v) is 14.4. The van der Waals surface area contributed by atoms with Crippen LogP contribution in [0.3, 0.4) is 0 Å². The van der Waals surface area contributed by atoms with Crippen molar-refractivity contribution >= 4 is 27.6 Å². The van der Waals surface area contributed by atoms with Crippen molar-refractivity contribution in [2.24, 2.45) is 16.1 Å². The first kappa shape index (κ1) is 18.2. The Kier molecular flexibility index (Phi) is 6.18. The van der Waals surface area contributed by atoms with Crippen LogP contribution in [0, 0.1) is 25.2 Å². The van der Waals surface area contributed by atoms with E-state index in [4.69, 9.17) is 11.3 Å². The number of rotatable bonds is 5. The normalized spacial score (nSPS) is 13.9. The van der Waals surface area contributed by atoms with Crippen molar-refractivity contribution in [1.82, 2.24) is 0 Å². The quantitative estimate of drug-likeness (QED) is 0.424. The van der Waals surface area contributed by atoms with Gasteiger partial charge in [0, 0.05) is 4.47 Å². The number of ether oxygens (including phenoxy) is 1. The molecule has 0 N–H and O–H groups in total. The van der Waals surface area contributed by atoms with Crippen molar-refractivity contribution in [3.8, 4) is 0 Å². The number of azo groups is 1. The van der Waals surface area contributed by atoms with E-state index in [1.807, 2.05) is 0 Å². The lowest BCUT2D eigenvalue weighted by molar-refractivity contribution is -0.149. The highest BCUT2D eigenvalue weighted by Gasteiger charge is 2.51. The molecule has 7 heteroatoms. The van der Waals surface area contributed by atoms with E-state index < -0.39 is 23.4 Å². The van der Waals surface area contributed by atoms with E-state index >= 15 is 0 Å². The molecule has 0 saturated heterocycles. The lowest BCUT2D eigenvalue weighted by atomic mass is 9.98. The summed E-state index contributed by atoms with van der Waals surface area (Å²) >= 11 is 3.18. The Bertz CT molecular complexity index is 617. The highest BCUT2D eigenvalue weighted by Crippen LogP contribution is 2.32. The van der Waals surface area contributed by atoms with Gasteiger partial charge in [-0.1, -0.05) is 34.9 Å². The molecule has 0 amide bonds. The zero-order valence-electron chi connectivity index (χ0n) is 12.9. The third-order valence-electron chi connectivity index (χ3n) is 3.07. The number of carbonyl (C=O) groups excluding carboxylic acids is 1. The van der Waals surface area contributed by atoms with Crippen LogP contribution in [0.5, 0.6) is 0 Å². The monoisotopic (exact) mass is 369 g/mol. The van der Waals surface area contributed by atoms with E-state index in [0.29, 0.717) is 10.0 Å². The molecule has 118 valence electrons. The second kappa shape index (κ2) is 7.45. The average molecular weight is 370 g/mol. The summed E-state index contributed by atoms with van der Waals surface area (Å²) in [5.74, 6) is -1.83. The summed E-state index contributed by atoms with van der Waals surface area (Å²) in [6, 6.07) is 2.93. The van der Waals surface area contributed by atoms with E-state index in [9.17, 15) is 9.18 Å². The summed E-state index contributed by atoms with van der Waals surface area (Å²) in [6.45, 7) is 14.1. The minimum Gasteiger partial charge on any atom is -0.458 e. The van der Waals surface area contributed by atoms with Gasteiger partial charge in [-0.05, 0) is 31.5 Å². The van der Waals surface area contributed by atoms with Gasteiger partial charge in [0.15, 0.2) is 5.82 Å². The van der Waals surface area contributed by atoms with E-state index in [1.165, 1.54) is 6.07 Å². The summed E-state index contributed by atoms with van der Waals surface area (Å²) in [7, 11) is 0. The SMILES string of the molecule is [C-]#[N+]C(N=Nc1c(C)cc(Br)cc1F)(C(=O)OCC)C(C)C. The second-order valence-electron chi connectivity index (χ2n) is 4.97. The van der Waals surface area contributed by atoms with E-state index in [-0.39, 0.29) is 12.3 Å². The minimum atomic E-state index is -1.80. The van der Waals surface area contributed by atoms with Crippen molar-refractivity contribution in [3.63, 3.8) is 0 Å². The number of hydrogen-bond donors (Lipinski definition) is 0. The van der Waals surface area contributed by atoms with Crippen molar-refractivity contribution in [1.29, 1.82) is 0 Å². The highest BCUT2D eigenvalue weighted by molar-refractivity contribution is 9.10. The third-order valence-corrected chi connectivity index (χ3v) is 3.53. The van der Waals surface area contributed by atoms with Crippen LogP contribution < -0.4 is 0 Å². The van der Waals surface area contributed by atoms with Gasteiger partial charge in [0.1, 0.15) is 5.69 Å².